The summed E-state index contributed by atoms with van der Waals surface area (Å²) in [6, 6.07) is 9.65. The summed E-state index contributed by atoms with van der Waals surface area (Å²) in [4.78, 5) is 8.42. The highest BCUT2D eigenvalue weighted by atomic mass is 32.1. The van der Waals surface area contributed by atoms with E-state index in [0.717, 1.165) is 39.0 Å². The van der Waals surface area contributed by atoms with Crippen LogP contribution in [0.2, 0.25) is 0 Å². The van der Waals surface area contributed by atoms with E-state index in [1.54, 1.807) is 11.3 Å². The molecule has 3 rings (SSSR count). The van der Waals surface area contributed by atoms with Gasteiger partial charge in [-0.15, -0.1) is 11.3 Å². The average Bonchev–Trinajstić information content (AvgIpc) is 2.98. The molecule has 0 spiro atoms. The fourth-order valence-electron chi connectivity index (χ4n) is 3.13. The summed E-state index contributed by atoms with van der Waals surface area (Å²) in [6.45, 7) is 8.70. The predicted octanol–water partition coefficient (Wildman–Crippen LogP) is 3.20. The smallest absolute Gasteiger partial charge is 0.0797 e. The molecule has 118 valence electrons. The second kappa shape index (κ2) is 7.36. The minimum Gasteiger partial charge on any atom is -0.314 e. The van der Waals surface area contributed by atoms with Crippen LogP contribution in [0, 0.1) is 6.92 Å². The molecule has 0 amide bonds. The number of piperazine rings is 1. The number of hydrogen-bond donors (Lipinski definition) is 1. The Morgan fingerprint density at radius 2 is 2.14 bits per heavy atom. The second-order valence-electron chi connectivity index (χ2n) is 5.96. The molecule has 1 saturated heterocycles. The van der Waals surface area contributed by atoms with Crippen LogP contribution in [0.5, 0.6) is 0 Å². The molecule has 1 aliphatic heterocycles. The van der Waals surface area contributed by atoms with Crippen LogP contribution in [-0.2, 0) is 12.8 Å². The number of rotatable bonds is 5. The maximum atomic E-state index is 4.36. The summed E-state index contributed by atoms with van der Waals surface area (Å²) in [5.74, 6) is 0. The highest BCUT2D eigenvalue weighted by molar-refractivity contribution is 7.09. The molecule has 2 aromatic rings. The highest BCUT2D eigenvalue weighted by Gasteiger charge is 2.23. The Labute approximate surface area is 137 Å². The molecule has 1 fully saturated rings. The van der Waals surface area contributed by atoms with Gasteiger partial charge >= 0.3 is 0 Å². The number of benzene rings is 1. The Bertz CT molecular complexity index is 591. The highest BCUT2D eigenvalue weighted by Crippen LogP contribution is 2.24. The Hall–Kier alpha value is -1.23. The minimum absolute atomic E-state index is 0.493. The van der Waals surface area contributed by atoms with E-state index in [4.69, 9.17) is 0 Å². The number of aryl methyl sites for hydroxylation is 2. The van der Waals surface area contributed by atoms with E-state index in [0.29, 0.717) is 6.04 Å². The minimum atomic E-state index is 0.493. The lowest BCUT2D eigenvalue weighted by Gasteiger charge is -2.36. The third-order valence-electron chi connectivity index (χ3n) is 4.60. The van der Waals surface area contributed by atoms with Crippen LogP contribution < -0.4 is 5.32 Å². The SMILES string of the molecule is CCc1ccc(C2CNCCN2CCc2scnc2C)cc1. The normalized spacial score (nSPS) is 19.5. The van der Waals surface area contributed by atoms with Crippen LogP contribution in [0.25, 0.3) is 0 Å². The van der Waals surface area contributed by atoms with Crippen LogP contribution in [0.3, 0.4) is 0 Å². The molecule has 0 bridgehead atoms. The van der Waals surface area contributed by atoms with Crippen molar-refractivity contribution in [3.8, 4) is 0 Å². The molecule has 0 saturated carbocycles. The second-order valence-corrected chi connectivity index (χ2v) is 6.90. The average molecular weight is 315 g/mol. The Balaban J connectivity index is 1.68. The van der Waals surface area contributed by atoms with Crippen molar-refractivity contribution in [2.45, 2.75) is 32.7 Å². The van der Waals surface area contributed by atoms with Gasteiger partial charge in [0, 0.05) is 37.1 Å². The van der Waals surface area contributed by atoms with E-state index in [1.807, 2.05) is 5.51 Å². The third kappa shape index (κ3) is 3.57. The molecule has 1 aromatic carbocycles. The topological polar surface area (TPSA) is 28.2 Å². The Morgan fingerprint density at radius 1 is 1.32 bits per heavy atom. The zero-order valence-corrected chi connectivity index (χ0v) is 14.3. The summed E-state index contributed by atoms with van der Waals surface area (Å²) in [7, 11) is 0. The number of thiazole rings is 1. The van der Waals surface area contributed by atoms with Gasteiger partial charge in [-0.2, -0.15) is 0 Å². The van der Waals surface area contributed by atoms with Gasteiger partial charge in [0.15, 0.2) is 0 Å². The van der Waals surface area contributed by atoms with Crippen molar-refractivity contribution in [1.29, 1.82) is 0 Å². The molecule has 2 heterocycles. The van der Waals surface area contributed by atoms with Gasteiger partial charge in [-0.05, 0) is 30.9 Å². The molecule has 3 nitrogen and oxygen atoms in total. The number of aromatic nitrogens is 1. The molecule has 0 radical (unpaired) electrons. The summed E-state index contributed by atoms with van der Waals surface area (Å²) >= 11 is 1.79. The third-order valence-corrected chi connectivity index (χ3v) is 5.59. The first kappa shape index (κ1) is 15.7. The fraction of sp³-hybridized carbons (Fsp3) is 0.500. The summed E-state index contributed by atoms with van der Waals surface area (Å²) < 4.78 is 0. The van der Waals surface area contributed by atoms with E-state index in [9.17, 15) is 0 Å². The van der Waals surface area contributed by atoms with E-state index < -0.39 is 0 Å². The van der Waals surface area contributed by atoms with E-state index in [1.165, 1.54) is 21.7 Å². The van der Waals surface area contributed by atoms with Gasteiger partial charge in [0.05, 0.1) is 11.2 Å². The number of hydrogen-bond acceptors (Lipinski definition) is 4. The molecule has 1 unspecified atom stereocenters. The summed E-state index contributed by atoms with van der Waals surface area (Å²) in [6.07, 6.45) is 2.22. The van der Waals surface area contributed by atoms with Crippen molar-refractivity contribution < 1.29 is 0 Å². The zero-order valence-electron chi connectivity index (χ0n) is 13.5. The van der Waals surface area contributed by atoms with Gasteiger partial charge in [0.1, 0.15) is 0 Å². The van der Waals surface area contributed by atoms with Crippen molar-refractivity contribution in [3.05, 3.63) is 51.5 Å². The summed E-state index contributed by atoms with van der Waals surface area (Å²) in [5.41, 5.74) is 6.01. The molecule has 4 heteroatoms. The molecular weight excluding hydrogens is 290 g/mol. The van der Waals surface area contributed by atoms with Crippen LogP contribution in [0.1, 0.15) is 34.7 Å². The van der Waals surface area contributed by atoms with Gasteiger partial charge in [-0.25, -0.2) is 4.98 Å². The molecule has 22 heavy (non-hydrogen) atoms. The lowest BCUT2D eigenvalue weighted by atomic mass is 10.0. The van der Waals surface area contributed by atoms with Crippen molar-refractivity contribution in [3.63, 3.8) is 0 Å². The molecule has 1 N–H and O–H groups in total. The first-order valence-corrected chi connectivity index (χ1v) is 9.08. The lowest BCUT2D eigenvalue weighted by Crippen LogP contribution is -2.46. The van der Waals surface area contributed by atoms with Crippen molar-refractivity contribution in [2.24, 2.45) is 0 Å². The van der Waals surface area contributed by atoms with Gasteiger partial charge in [-0.1, -0.05) is 31.2 Å². The number of nitrogens with one attached hydrogen (secondary N) is 1. The number of nitrogens with zero attached hydrogens (tertiary/aromatic N) is 2. The zero-order chi connectivity index (χ0) is 15.4. The quantitative estimate of drug-likeness (QED) is 0.918. The maximum absolute atomic E-state index is 4.36. The lowest BCUT2D eigenvalue weighted by molar-refractivity contribution is 0.164. The standard InChI is InChI=1S/C18H25N3S/c1-3-15-4-6-16(7-5-15)17-12-19-9-11-21(17)10-8-18-14(2)20-13-22-18/h4-7,13,17,19H,3,8-12H2,1-2H3. The van der Waals surface area contributed by atoms with Gasteiger partial charge in [0.2, 0.25) is 0 Å². The van der Waals surface area contributed by atoms with Crippen molar-refractivity contribution in [1.82, 2.24) is 15.2 Å². The van der Waals surface area contributed by atoms with E-state index in [-0.39, 0.29) is 0 Å². The predicted molar refractivity (Wildman–Crippen MR) is 93.6 cm³/mol. The van der Waals surface area contributed by atoms with Crippen molar-refractivity contribution >= 4 is 11.3 Å². The largest absolute Gasteiger partial charge is 0.314 e. The van der Waals surface area contributed by atoms with Gasteiger partial charge < -0.3 is 5.32 Å². The first-order valence-electron chi connectivity index (χ1n) is 8.20. The Morgan fingerprint density at radius 3 is 2.82 bits per heavy atom. The van der Waals surface area contributed by atoms with E-state index >= 15 is 0 Å². The summed E-state index contributed by atoms with van der Waals surface area (Å²) in [5, 5.41) is 3.55. The van der Waals surface area contributed by atoms with Crippen LogP contribution >= 0.6 is 11.3 Å². The van der Waals surface area contributed by atoms with Gasteiger partial charge in [-0.3, -0.25) is 4.90 Å². The van der Waals surface area contributed by atoms with E-state index in [2.05, 4.69) is 53.3 Å². The maximum Gasteiger partial charge on any atom is 0.0797 e. The fourth-order valence-corrected chi connectivity index (χ4v) is 3.90. The van der Waals surface area contributed by atoms with Crippen LogP contribution in [0.15, 0.2) is 29.8 Å². The molecular formula is C18H25N3S. The van der Waals surface area contributed by atoms with Crippen LogP contribution in [0.4, 0.5) is 0 Å². The molecule has 1 aromatic heterocycles. The monoisotopic (exact) mass is 315 g/mol. The van der Waals surface area contributed by atoms with Crippen molar-refractivity contribution in [2.75, 3.05) is 26.2 Å². The molecule has 1 aliphatic rings. The van der Waals surface area contributed by atoms with Crippen LogP contribution in [-0.4, -0.2) is 36.1 Å². The molecule has 0 aliphatic carbocycles. The first-order chi connectivity index (χ1) is 10.8. The molecule has 1 atom stereocenters. The Kier molecular flexibility index (Phi) is 5.24. The van der Waals surface area contributed by atoms with Gasteiger partial charge in [0.25, 0.3) is 0 Å².